The molecule has 0 fully saturated rings. The zero-order valence-corrected chi connectivity index (χ0v) is 11.4. The van der Waals surface area contributed by atoms with Crippen molar-refractivity contribution in [2.45, 2.75) is 0 Å². The molecule has 3 rings (SSSR count). The molecular weight excluding hydrogens is 292 g/mol. The van der Waals surface area contributed by atoms with E-state index in [2.05, 4.69) is 25.3 Å². The van der Waals surface area contributed by atoms with E-state index in [0.29, 0.717) is 0 Å². The molecule has 3 nitrogen and oxygen atoms in total. The van der Waals surface area contributed by atoms with Crippen LogP contribution in [0.25, 0.3) is 16.9 Å². The molecule has 0 saturated heterocycles. The number of methoxy groups -OCH3 is 1. The van der Waals surface area contributed by atoms with E-state index in [1.165, 1.54) is 0 Å². The largest absolute Gasteiger partial charge is 0.497 e. The van der Waals surface area contributed by atoms with Gasteiger partial charge in [-0.2, -0.15) is 0 Å². The van der Waals surface area contributed by atoms with Gasteiger partial charge in [0.05, 0.1) is 12.6 Å². The van der Waals surface area contributed by atoms with Gasteiger partial charge in [-0.05, 0) is 52.3 Å². The number of nitrogens with zero attached hydrogens (tertiary/aromatic N) is 2. The van der Waals surface area contributed by atoms with Gasteiger partial charge >= 0.3 is 0 Å². The van der Waals surface area contributed by atoms with E-state index in [1.54, 1.807) is 7.11 Å². The summed E-state index contributed by atoms with van der Waals surface area (Å²) in [6.07, 6.45) is 2.01. The maximum atomic E-state index is 5.16. The smallest absolute Gasteiger partial charge is 0.145 e. The topological polar surface area (TPSA) is 26.5 Å². The minimum Gasteiger partial charge on any atom is -0.497 e. The second kappa shape index (κ2) is 4.46. The van der Waals surface area contributed by atoms with Crippen LogP contribution < -0.4 is 4.74 Å². The number of halogens is 1. The lowest BCUT2D eigenvalue weighted by atomic mass is 10.2. The first kappa shape index (κ1) is 11.3. The fraction of sp³-hybridized carbons (Fsp3) is 0.0714. The lowest BCUT2D eigenvalue weighted by Gasteiger charge is -2.03. The molecule has 4 heteroatoms. The number of benzene rings is 1. The first-order valence-corrected chi connectivity index (χ1v) is 6.36. The molecule has 0 atom stereocenters. The Hall–Kier alpha value is -1.81. The molecule has 0 amide bonds. The number of hydrogen-bond acceptors (Lipinski definition) is 2. The molecule has 0 N–H and O–H groups in total. The molecule has 0 aliphatic rings. The Balaban J connectivity index is 2.18. The van der Waals surface area contributed by atoms with Gasteiger partial charge in [-0.15, -0.1) is 0 Å². The fourth-order valence-electron chi connectivity index (χ4n) is 1.94. The highest BCUT2D eigenvalue weighted by Gasteiger charge is 2.09. The Labute approximate surface area is 113 Å². The third-order valence-electron chi connectivity index (χ3n) is 2.85. The number of rotatable bonds is 2. The number of fused-ring (bicyclic) bond motifs is 1. The molecule has 0 spiro atoms. The molecule has 18 heavy (non-hydrogen) atoms. The summed E-state index contributed by atoms with van der Waals surface area (Å²) in [6.45, 7) is 0. The number of ether oxygens (including phenoxy) is 1. The van der Waals surface area contributed by atoms with Crippen LogP contribution in [0, 0.1) is 0 Å². The summed E-state index contributed by atoms with van der Waals surface area (Å²) in [5.74, 6) is 1.76. The molecule has 3 aromatic rings. The Bertz CT molecular complexity index is 689. The Morgan fingerprint density at radius 2 is 1.89 bits per heavy atom. The summed E-state index contributed by atoms with van der Waals surface area (Å²) >= 11 is 3.49. The highest BCUT2D eigenvalue weighted by atomic mass is 79.9. The standard InChI is InChI=1S/C14H11BrN2O/c1-18-11-7-5-10(6-8-11)14-16-13(15)12-4-2-3-9-17(12)14/h2-9H,1H3. The van der Waals surface area contributed by atoms with E-state index in [0.717, 1.165) is 27.3 Å². The summed E-state index contributed by atoms with van der Waals surface area (Å²) in [5, 5.41) is 0. The van der Waals surface area contributed by atoms with Crippen LogP contribution in [0.4, 0.5) is 0 Å². The van der Waals surface area contributed by atoms with Gasteiger partial charge in [0.1, 0.15) is 16.2 Å². The van der Waals surface area contributed by atoms with Crippen molar-refractivity contribution in [3.05, 3.63) is 53.3 Å². The van der Waals surface area contributed by atoms with Crippen molar-refractivity contribution in [1.82, 2.24) is 9.38 Å². The van der Waals surface area contributed by atoms with Gasteiger partial charge in [0.15, 0.2) is 0 Å². The highest BCUT2D eigenvalue weighted by molar-refractivity contribution is 9.10. The van der Waals surface area contributed by atoms with Gasteiger partial charge < -0.3 is 4.74 Å². The van der Waals surface area contributed by atoms with Gasteiger partial charge in [-0.3, -0.25) is 4.40 Å². The molecule has 0 unspecified atom stereocenters. The number of imidazole rings is 1. The average Bonchev–Trinajstić information content (AvgIpc) is 2.77. The van der Waals surface area contributed by atoms with Crippen molar-refractivity contribution >= 4 is 21.4 Å². The van der Waals surface area contributed by atoms with Gasteiger partial charge in [0.25, 0.3) is 0 Å². The quantitative estimate of drug-likeness (QED) is 0.720. The van der Waals surface area contributed by atoms with Crippen molar-refractivity contribution < 1.29 is 4.74 Å². The molecule has 0 radical (unpaired) electrons. The molecule has 0 saturated carbocycles. The molecule has 0 aliphatic carbocycles. The molecule has 0 bridgehead atoms. The van der Waals surface area contributed by atoms with E-state index >= 15 is 0 Å². The molecule has 2 heterocycles. The van der Waals surface area contributed by atoms with Crippen molar-refractivity contribution in [2.75, 3.05) is 7.11 Å². The minimum atomic E-state index is 0.846. The minimum absolute atomic E-state index is 0.846. The van der Waals surface area contributed by atoms with Crippen LogP contribution >= 0.6 is 15.9 Å². The summed E-state index contributed by atoms with van der Waals surface area (Å²) in [4.78, 5) is 4.55. The van der Waals surface area contributed by atoms with Crippen LogP contribution in [-0.2, 0) is 0 Å². The van der Waals surface area contributed by atoms with E-state index in [9.17, 15) is 0 Å². The molecule has 2 aromatic heterocycles. The summed E-state index contributed by atoms with van der Waals surface area (Å²) in [6, 6.07) is 13.9. The van der Waals surface area contributed by atoms with Gasteiger partial charge in [-0.25, -0.2) is 4.98 Å². The van der Waals surface area contributed by atoms with E-state index < -0.39 is 0 Å². The van der Waals surface area contributed by atoms with Crippen molar-refractivity contribution in [3.8, 4) is 17.1 Å². The van der Waals surface area contributed by atoms with Crippen LogP contribution in [0.3, 0.4) is 0 Å². The van der Waals surface area contributed by atoms with Crippen LogP contribution in [0.2, 0.25) is 0 Å². The predicted octanol–water partition coefficient (Wildman–Crippen LogP) is 3.77. The second-order valence-electron chi connectivity index (χ2n) is 3.91. The van der Waals surface area contributed by atoms with Crippen LogP contribution in [0.1, 0.15) is 0 Å². The second-order valence-corrected chi connectivity index (χ2v) is 4.66. The van der Waals surface area contributed by atoms with Crippen LogP contribution in [-0.4, -0.2) is 16.5 Å². The fourth-order valence-corrected chi connectivity index (χ4v) is 2.43. The highest BCUT2D eigenvalue weighted by Crippen LogP contribution is 2.26. The molecular formula is C14H11BrN2O. The lowest BCUT2D eigenvalue weighted by Crippen LogP contribution is -1.89. The number of aromatic nitrogens is 2. The Kier molecular flexibility index (Phi) is 2.80. The zero-order valence-electron chi connectivity index (χ0n) is 9.80. The van der Waals surface area contributed by atoms with Crippen molar-refractivity contribution in [3.63, 3.8) is 0 Å². The van der Waals surface area contributed by atoms with E-state index in [-0.39, 0.29) is 0 Å². The van der Waals surface area contributed by atoms with Crippen molar-refractivity contribution in [2.24, 2.45) is 0 Å². The van der Waals surface area contributed by atoms with Gasteiger partial charge in [0, 0.05) is 11.8 Å². The zero-order chi connectivity index (χ0) is 12.5. The third-order valence-corrected chi connectivity index (χ3v) is 3.44. The van der Waals surface area contributed by atoms with Crippen LogP contribution in [0.15, 0.2) is 53.3 Å². The van der Waals surface area contributed by atoms with Gasteiger partial charge in [0.2, 0.25) is 0 Å². The molecule has 1 aromatic carbocycles. The molecule has 0 aliphatic heterocycles. The van der Waals surface area contributed by atoms with E-state index in [4.69, 9.17) is 4.74 Å². The normalized spacial score (nSPS) is 10.8. The van der Waals surface area contributed by atoms with E-state index in [1.807, 2.05) is 48.7 Å². The maximum absolute atomic E-state index is 5.16. The number of pyridine rings is 1. The summed E-state index contributed by atoms with van der Waals surface area (Å²) < 4.78 is 8.08. The van der Waals surface area contributed by atoms with Crippen molar-refractivity contribution in [1.29, 1.82) is 0 Å². The average molecular weight is 303 g/mol. The summed E-state index contributed by atoms with van der Waals surface area (Å²) in [7, 11) is 1.66. The third kappa shape index (κ3) is 1.78. The first-order chi connectivity index (χ1) is 8.79. The summed E-state index contributed by atoms with van der Waals surface area (Å²) in [5.41, 5.74) is 2.12. The van der Waals surface area contributed by atoms with Crippen LogP contribution in [0.5, 0.6) is 5.75 Å². The monoisotopic (exact) mass is 302 g/mol. The molecule has 90 valence electrons. The lowest BCUT2D eigenvalue weighted by molar-refractivity contribution is 0.415. The SMILES string of the molecule is COc1ccc(-c2nc(Br)c3ccccn23)cc1. The number of hydrogen-bond donors (Lipinski definition) is 0. The predicted molar refractivity (Wildman–Crippen MR) is 74.9 cm³/mol. The Morgan fingerprint density at radius 1 is 1.11 bits per heavy atom. The maximum Gasteiger partial charge on any atom is 0.145 e. The first-order valence-electron chi connectivity index (χ1n) is 5.56. The Morgan fingerprint density at radius 3 is 2.61 bits per heavy atom. The van der Waals surface area contributed by atoms with Gasteiger partial charge in [-0.1, -0.05) is 6.07 Å².